The predicted octanol–water partition coefficient (Wildman–Crippen LogP) is 1.28. The normalized spacial score (nSPS) is 15.9. The summed E-state index contributed by atoms with van der Waals surface area (Å²) in [6.07, 6.45) is 2.58. The maximum absolute atomic E-state index is 11.5. The fourth-order valence-electron chi connectivity index (χ4n) is 2.55. The van der Waals surface area contributed by atoms with E-state index < -0.39 is 0 Å². The van der Waals surface area contributed by atoms with Gasteiger partial charge in [0.05, 0.1) is 0 Å². The van der Waals surface area contributed by atoms with Crippen LogP contribution in [0, 0.1) is 6.92 Å². The van der Waals surface area contributed by atoms with Gasteiger partial charge in [-0.1, -0.05) is 0 Å². The summed E-state index contributed by atoms with van der Waals surface area (Å²) < 4.78 is 0. The lowest BCUT2D eigenvalue weighted by Crippen LogP contribution is -2.34. The van der Waals surface area contributed by atoms with Crippen LogP contribution in [0.25, 0.3) is 0 Å². The van der Waals surface area contributed by atoms with Gasteiger partial charge in [0.25, 0.3) is 0 Å². The quantitative estimate of drug-likeness (QED) is 0.901. The lowest BCUT2D eigenvalue weighted by Gasteiger charge is -2.24. The van der Waals surface area contributed by atoms with E-state index in [-0.39, 0.29) is 5.91 Å². The summed E-state index contributed by atoms with van der Waals surface area (Å²) in [6, 6.07) is 0. The van der Waals surface area contributed by atoms with E-state index in [1.54, 1.807) is 13.3 Å². The van der Waals surface area contributed by atoms with Crippen molar-refractivity contribution in [1.29, 1.82) is 0 Å². The van der Waals surface area contributed by atoms with Crippen LogP contribution < -0.4 is 10.2 Å². The molecule has 6 heteroatoms. The molecular formula is C14H23N5O. The first-order chi connectivity index (χ1) is 9.63. The lowest BCUT2D eigenvalue weighted by atomic mass is 10.2. The van der Waals surface area contributed by atoms with Crippen LogP contribution in [0.5, 0.6) is 0 Å². The van der Waals surface area contributed by atoms with E-state index in [0.29, 0.717) is 0 Å². The lowest BCUT2D eigenvalue weighted by molar-refractivity contribution is -0.128. The Hall–Kier alpha value is -1.85. The number of anilines is 2. The summed E-state index contributed by atoms with van der Waals surface area (Å²) in [6.45, 7) is 9.91. The Morgan fingerprint density at radius 2 is 2.10 bits per heavy atom. The number of nitrogens with one attached hydrogen (secondary N) is 1. The molecule has 1 fully saturated rings. The van der Waals surface area contributed by atoms with Crippen LogP contribution in [0.2, 0.25) is 0 Å². The Morgan fingerprint density at radius 3 is 2.80 bits per heavy atom. The first-order valence-electron chi connectivity index (χ1n) is 7.19. The van der Waals surface area contributed by atoms with Gasteiger partial charge in [-0.15, -0.1) is 0 Å². The fourth-order valence-corrected chi connectivity index (χ4v) is 2.55. The highest BCUT2D eigenvalue weighted by molar-refractivity contribution is 5.73. The summed E-state index contributed by atoms with van der Waals surface area (Å²) in [7, 11) is 0. The highest BCUT2D eigenvalue weighted by Crippen LogP contribution is 2.23. The van der Waals surface area contributed by atoms with Crippen LogP contribution in [0.3, 0.4) is 0 Å². The van der Waals surface area contributed by atoms with Crippen molar-refractivity contribution >= 4 is 17.5 Å². The van der Waals surface area contributed by atoms with Gasteiger partial charge in [-0.2, -0.15) is 0 Å². The van der Waals surface area contributed by atoms with Crippen molar-refractivity contribution in [2.75, 3.05) is 42.9 Å². The Morgan fingerprint density at radius 1 is 1.30 bits per heavy atom. The highest BCUT2D eigenvalue weighted by Gasteiger charge is 2.19. The number of carbonyl (C=O) groups excluding carboxylic acids is 1. The molecule has 1 saturated heterocycles. The molecule has 1 aromatic heterocycles. The van der Waals surface area contributed by atoms with Crippen molar-refractivity contribution in [1.82, 2.24) is 14.9 Å². The molecule has 0 aliphatic carbocycles. The summed E-state index contributed by atoms with van der Waals surface area (Å²) in [4.78, 5) is 24.3. The van der Waals surface area contributed by atoms with Gasteiger partial charge in [0.15, 0.2) is 0 Å². The number of hydrogen-bond acceptors (Lipinski definition) is 5. The number of carbonyl (C=O) groups is 1. The monoisotopic (exact) mass is 277 g/mol. The molecule has 2 heterocycles. The minimum absolute atomic E-state index is 0.152. The minimum atomic E-state index is 0.152. The summed E-state index contributed by atoms with van der Waals surface area (Å²) in [5, 5.41) is 3.26. The third-order valence-electron chi connectivity index (χ3n) is 3.64. The smallest absolute Gasteiger partial charge is 0.219 e. The fraction of sp³-hybridized carbons (Fsp3) is 0.643. The molecule has 0 saturated carbocycles. The van der Waals surface area contributed by atoms with Gasteiger partial charge in [0, 0.05) is 45.2 Å². The molecular weight excluding hydrogens is 254 g/mol. The van der Waals surface area contributed by atoms with Crippen LogP contribution in [-0.4, -0.2) is 53.5 Å². The number of hydrogen-bond donors (Lipinski definition) is 1. The van der Waals surface area contributed by atoms with Crippen molar-refractivity contribution in [2.45, 2.75) is 27.2 Å². The van der Waals surface area contributed by atoms with E-state index in [0.717, 1.165) is 56.3 Å². The van der Waals surface area contributed by atoms with Crippen molar-refractivity contribution in [3.05, 3.63) is 11.9 Å². The van der Waals surface area contributed by atoms with Gasteiger partial charge < -0.3 is 15.1 Å². The molecule has 1 aromatic rings. The van der Waals surface area contributed by atoms with Crippen LogP contribution in [0.1, 0.15) is 25.8 Å². The Labute approximate surface area is 120 Å². The standard InChI is InChI=1S/C14H23N5O/c1-4-15-13-11(2)14(17-10-16-13)19-7-5-6-18(8-9-19)12(3)20/h10H,4-9H2,1-3H3,(H,15,16,17). The zero-order chi connectivity index (χ0) is 14.5. The van der Waals surface area contributed by atoms with E-state index in [1.807, 2.05) is 11.8 Å². The molecule has 0 bridgehead atoms. The van der Waals surface area contributed by atoms with Gasteiger partial charge in [-0.3, -0.25) is 4.79 Å². The van der Waals surface area contributed by atoms with Crippen LogP contribution in [-0.2, 0) is 4.79 Å². The largest absolute Gasteiger partial charge is 0.370 e. The number of rotatable bonds is 3. The average Bonchev–Trinajstić information content (AvgIpc) is 2.67. The van der Waals surface area contributed by atoms with Crippen molar-refractivity contribution in [2.24, 2.45) is 0 Å². The molecule has 1 aliphatic rings. The average molecular weight is 277 g/mol. The van der Waals surface area contributed by atoms with Crippen molar-refractivity contribution < 1.29 is 4.79 Å². The number of amides is 1. The van der Waals surface area contributed by atoms with Gasteiger partial charge in [-0.25, -0.2) is 9.97 Å². The van der Waals surface area contributed by atoms with Crippen LogP contribution in [0.4, 0.5) is 11.6 Å². The molecule has 110 valence electrons. The van der Waals surface area contributed by atoms with Gasteiger partial charge in [0.1, 0.15) is 18.0 Å². The maximum Gasteiger partial charge on any atom is 0.219 e. The maximum atomic E-state index is 11.5. The molecule has 0 radical (unpaired) electrons. The van der Waals surface area contributed by atoms with E-state index in [1.165, 1.54) is 0 Å². The Balaban J connectivity index is 2.15. The second-order valence-corrected chi connectivity index (χ2v) is 5.05. The molecule has 0 aromatic carbocycles. The summed E-state index contributed by atoms with van der Waals surface area (Å²) in [5.41, 5.74) is 1.07. The summed E-state index contributed by atoms with van der Waals surface area (Å²) >= 11 is 0. The van der Waals surface area contributed by atoms with Crippen molar-refractivity contribution in [3.8, 4) is 0 Å². The molecule has 0 atom stereocenters. The van der Waals surface area contributed by atoms with E-state index in [4.69, 9.17) is 0 Å². The third kappa shape index (κ3) is 3.18. The zero-order valence-electron chi connectivity index (χ0n) is 12.5. The first-order valence-corrected chi connectivity index (χ1v) is 7.19. The number of aromatic nitrogens is 2. The molecule has 1 amide bonds. The second kappa shape index (κ2) is 6.54. The van der Waals surface area contributed by atoms with Gasteiger partial charge >= 0.3 is 0 Å². The Kier molecular flexibility index (Phi) is 4.76. The molecule has 0 spiro atoms. The van der Waals surface area contributed by atoms with Crippen LogP contribution in [0.15, 0.2) is 6.33 Å². The second-order valence-electron chi connectivity index (χ2n) is 5.05. The topological polar surface area (TPSA) is 61.4 Å². The molecule has 1 aliphatic heterocycles. The molecule has 0 unspecified atom stereocenters. The van der Waals surface area contributed by atoms with E-state index >= 15 is 0 Å². The molecule has 20 heavy (non-hydrogen) atoms. The zero-order valence-corrected chi connectivity index (χ0v) is 12.5. The van der Waals surface area contributed by atoms with Crippen molar-refractivity contribution in [3.63, 3.8) is 0 Å². The van der Waals surface area contributed by atoms with E-state index in [9.17, 15) is 4.79 Å². The summed E-state index contributed by atoms with van der Waals surface area (Å²) in [5.74, 6) is 2.02. The Bertz CT molecular complexity index is 477. The van der Waals surface area contributed by atoms with Gasteiger partial charge in [0.2, 0.25) is 5.91 Å². The number of nitrogens with zero attached hydrogens (tertiary/aromatic N) is 4. The molecule has 2 rings (SSSR count). The van der Waals surface area contributed by atoms with E-state index in [2.05, 4.69) is 27.1 Å². The molecule has 6 nitrogen and oxygen atoms in total. The van der Waals surface area contributed by atoms with Crippen LogP contribution >= 0.6 is 0 Å². The minimum Gasteiger partial charge on any atom is -0.370 e. The predicted molar refractivity (Wildman–Crippen MR) is 80.0 cm³/mol. The highest BCUT2D eigenvalue weighted by atomic mass is 16.2. The van der Waals surface area contributed by atoms with Gasteiger partial charge in [-0.05, 0) is 20.3 Å². The third-order valence-corrected chi connectivity index (χ3v) is 3.64. The molecule has 1 N–H and O–H groups in total. The SMILES string of the molecule is CCNc1ncnc(N2CCCN(C(C)=O)CC2)c1C. The first kappa shape index (κ1) is 14.6.